The van der Waals surface area contributed by atoms with Crippen LogP contribution in [0.3, 0.4) is 0 Å². The molecule has 0 unspecified atom stereocenters. The second-order valence-electron chi connectivity index (χ2n) is 13.7. The van der Waals surface area contributed by atoms with Crippen LogP contribution in [0, 0.1) is 0 Å². The number of nitrogens with two attached hydrogens (primary N) is 1. The minimum atomic E-state index is -0.287. The Balaban J connectivity index is 2.04. The summed E-state index contributed by atoms with van der Waals surface area (Å²) < 4.78 is 0. The summed E-state index contributed by atoms with van der Waals surface area (Å²) in [5, 5.41) is 0. The molecule has 0 saturated carbocycles. The van der Waals surface area contributed by atoms with Crippen molar-refractivity contribution in [2.45, 2.75) is 199 Å². The van der Waals surface area contributed by atoms with Gasteiger partial charge in [0.15, 0.2) is 5.78 Å². The third kappa shape index (κ3) is 24.3. The van der Waals surface area contributed by atoms with E-state index in [9.17, 15) is 9.59 Å². The molecule has 2 N–H and O–H groups in total. The summed E-state index contributed by atoms with van der Waals surface area (Å²) in [7, 11) is 0. The van der Waals surface area contributed by atoms with Gasteiger partial charge in [-0.3, -0.25) is 9.59 Å². The zero-order valence-corrected chi connectivity index (χ0v) is 30.4. The third-order valence-electron chi connectivity index (χ3n) is 9.24. The van der Waals surface area contributed by atoms with Crippen molar-refractivity contribution in [3.8, 4) is 0 Å². The number of likely N-dealkylation sites (tertiary alicyclic amines) is 1. The fourth-order valence-corrected chi connectivity index (χ4v) is 6.31. The predicted octanol–water partition coefficient (Wildman–Crippen LogP) is 11.9. The largest absolute Gasteiger partial charge is 0.331 e. The van der Waals surface area contributed by atoms with Gasteiger partial charge in [0.25, 0.3) is 0 Å². The molecule has 0 spiro atoms. The molecule has 1 amide bonds. The van der Waals surface area contributed by atoms with Crippen LogP contribution in [-0.4, -0.2) is 35.2 Å². The lowest BCUT2D eigenvalue weighted by molar-refractivity contribution is -0.137. The third-order valence-corrected chi connectivity index (χ3v) is 9.24. The van der Waals surface area contributed by atoms with E-state index in [0.717, 1.165) is 44.9 Å². The Labute approximate surface area is 285 Å². The first-order valence-corrected chi connectivity index (χ1v) is 19.8. The topological polar surface area (TPSA) is 63.4 Å². The van der Waals surface area contributed by atoms with Crippen LogP contribution in [0.2, 0.25) is 0 Å². The molecule has 4 heteroatoms. The predicted molar refractivity (Wildman–Crippen MR) is 201 cm³/mol. The van der Waals surface area contributed by atoms with Gasteiger partial charge >= 0.3 is 0 Å². The van der Waals surface area contributed by atoms with Crippen LogP contribution >= 0.6 is 0 Å². The van der Waals surface area contributed by atoms with Gasteiger partial charge in [-0.2, -0.15) is 0 Å². The summed E-state index contributed by atoms with van der Waals surface area (Å²) in [6, 6.07) is -0.352. The number of nitrogens with zero attached hydrogens (tertiary/aromatic N) is 1. The Hall–Kier alpha value is -1.94. The Morgan fingerprint density at radius 2 is 0.935 bits per heavy atom. The van der Waals surface area contributed by atoms with Crippen LogP contribution in [0.4, 0.5) is 0 Å². The normalized spacial score (nSPS) is 17.2. The molecule has 264 valence electrons. The number of ketones is 1. The van der Waals surface area contributed by atoms with E-state index in [0.29, 0.717) is 25.8 Å². The second-order valence-corrected chi connectivity index (χ2v) is 13.7. The van der Waals surface area contributed by atoms with Crippen LogP contribution in [0.5, 0.6) is 0 Å². The Bertz CT molecular complexity index is 843. The Kier molecular flexibility index (Phi) is 29.0. The summed E-state index contributed by atoms with van der Waals surface area (Å²) in [4.78, 5) is 27.8. The molecule has 1 rings (SSSR count). The molecule has 0 aromatic carbocycles. The van der Waals surface area contributed by atoms with Gasteiger partial charge in [0, 0.05) is 25.4 Å². The van der Waals surface area contributed by atoms with E-state index in [1.54, 1.807) is 0 Å². The molecule has 1 saturated heterocycles. The molecule has 46 heavy (non-hydrogen) atoms. The van der Waals surface area contributed by atoms with Gasteiger partial charge in [-0.05, 0) is 83.5 Å². The highest BCUT2D eigenvalue weighted by molar-refractivity contribution is 5.89. The highest BCUT2D eigenvalue weighted by atomic mass is 16.2. The maximum absolute atomic E-state index is 13.0. The lowest BCUT2D eigenvalue weighted by Gasteiger charge is -2.23. The maximum atomic E-state index is 13.0. The molecule has 4 nitrogen and oxygen atoms in total. The number of carbonyl (C=O) groups is 2. The number of unbranched alkanes of at least 4 members (excludes halogenated alkanes) is 18. The number of allylic oxidation sites excluding steroid dienone is 8. The first kappa shape index (κ1) is 42.1. The van der Waals surface area contributed by atoms with Gasteiger partial charge in [0.1, 0.15) is 0 Å². The molecule has 0 aromatic rings. The average molecular weight is 639 g/mol. The number of amides is 1. The van der Waals surface area contributed by atoms with Crippen molar-refractivity contribution in [1.82, 2.24) is 4.90 Å². The zero-order chi connectivity index (χ0) is 33.3. The van der Waals surface area contributed by atoms with Gasteiger partial charge in [0.05, 0.1) is 6.04 Å². The minimum Gasteiger partial charge on any atom is -0.331 e. The lowest BCUT2D eigenvalue weighted by atomic mass is 10.0. The number of rotatable bonds is 31. The molecular formula is C42H74N2O2. The molecular weight excluding hydrogens is 564 g/mol. The molecule has 0 aromatic heterocycles. The summed E-state index contributed by atoms with van der Waals surface area (Å²) in [6.45, 7) is 5.04. The van der Waals surface area contributed by atoms with E-state index in [1.807, 2.05) is 4.90 Å². The van der Waals surface area contributed by atoms with Crippen molar-refractivity contribution in [1.29, 1.82) is 0 Å². The first-order chi connectivity index (χ1) is 22.6. The zero-order valence-electron chi connectivity index (χ0n) is 30.4. The molecule has 0 radical (unpaired) electrons. The van der Waals surface area contributed by atoms with Crippen LogP contribution < -0.4 is 5.73 Å². The number of Topliss-reactive ketones (excluding diaryl/α,β-unsaturated/α-hetero) is 1. The smallest absolute Gasteiger partial charge is 0.223 e. The van der Waals surface area contributed by atoms with Crippen molar-refractivity contribution >= 4 is 11.7 Å². The summed E-state index contributed by atoms with van der Waals surface area (Å²) >= 11 is 0. The molecule has 2 atom stereocenters. The van der Waals surface area contributed by atoms with Gasteiger partial charge in [0.2, 0.25) is 5.91 Å². The van der Waals surface area contributed by atoms with Crippen molar-refractivity contribution in [3.05, 3.63) is 48.6 Å². The summed E-state index contributed by atoms with van der Waals surface area (Å²) in [5.74, 6) is 0.356. The quantitative estimate of drug-likeness (QED) is 0.0607. The molecule has 1 aliphatic heterocycles. The molecule has 0 aliphatic carbocycles. The highest BCUT2D eigenvalue weighted by Gasteiger charge is 2.37. The van der Waals surface area contributed by atoms with Crippen molar-refractivity contribution < 1.29 is 9.59 Å². The molecule has 0 bridgehead atoms. The monoisotopic (exact) mass is 639 g/mol. The van der Waals surface area contributed by atoms with Crippen molar-refractivity contribution in [3.63, 3.8) is 0 Å². The summed E-state index contributed by atoms with van der Waals surface area (Å²) in [5.41, 5.74) is 6.21. The molecule has 1 heterocycles. The number of hydrogen-bond acceptors (Lipinski definition) is 3. The van der Waals surface area contributed by atoms with E-state index in [2.05, 4.69) is 62.5 Å². The minimum absolute atomic E-state index is 0.0654. The Morgan fingerprint density at radius 3 is 1.39 bits per heavy atom. The average Bonchev–Trinajstić information content (AvgIpc) is 3.46. The van der Waals surface area contributed by atoms with E-state index in [1.165, 1.54) is 109 Å². The van der Waals surface area contributed by atoms with E-state index in [4.69, 9.17) is 5.73 Å². The van der Waals surface area contributed by atoms with E-state index < -0.39 is 0 Å². The van der Waals surface area contributed by atoms with Crippen LogP contribution in [0.25, 0.3) is 0 Å². The maximum Gasteiger partial charge on any atom is 0.223 e. The lowest BCUT2D eigenvalue weighted by Crippen LogP contribution is -2.40. The van der Waals surface area contributed by atoms with Gasteiger partial charge in [-0.1, -0.05) is 140 Å². The van der Waals surface area contributed by atoms with Crippen LogP contribution in [0.1, 0.15) is 187 Å². The SMILES string of the molecule is CCCCC/C=C\C/C=C\CCCCCCCCCC(=O)[C@@H]1C[C@H](N)CN1C(=O)CCCCCCC/C=C\C/C=C\CCCCC. The van der Waals surface area contributed by atoms with Crippen LogP contribution in [-0.2, 0) is 9.59 Å². The van der Waals surface area contributed by atoms with Crippen molar-refractivity contribution in [2.75, 3.05) is 6.54 Å². The highest BCUT2D eigenvalue weighted by Crippen LogP contribution is 2.22. The van der Waals surface area contributed by atoms with E-state index >= 15 is 0 Å². The standard InChI is InChI=1S/C42H74N2O2/c1-3-5-7-9-11-13-15-17-19-20-22-23-25-27-29-31-33-35-41(45)40-37-39(43)38-44(40)42(46)36-34-32-30-28-26-24-21-18-16-14-12-10-8-6-4-2/h11-14,17-19,21,39-40H,3-10,15-16,20,22-38,43H2,1-2H3/b13-11-,14-12-,19-17-,21-18-/t39-,40-/m0/s1. The second kappa shape index (κ2) is 31.6. The van der Waals surface area contributed by atoms with Crippen LogP contribution in [0.15, 0.2) is 48.6 Å². The molecule has 1 aliphatic rings. The fraction of sp³-hybridized carbons (Fsp3) is 0.762. The first-order valence-electron chi connectivity index (χ1n) is 19.8. The van der Waals surface area contributed by atoms with Gasteiger partial charge in [-0.15, -0.1) is 0 Å². The van der Waals surface area contributed by atoms with Gasteiger partial charge < -0.3 is 10.6 Å². The fourth-order valence-electron chi connectivity index (χ4n) is 6.31. The van der Waals surface area contributed by atoms with E-state index in [-0.39, 0.29) is 23.8 Å². The molecule has 1 fully saturated rings. The summed E-state index contributed by atoms with van der Waals surface area (Å²) in [6.07, 6.45) is 49.0. The number of hydrogen-bond donors (Lipinski definition) is 1. The van der Waals surface area contributed by atoms with Crippen molar-refractivity contribution in [2.24, 2.45) is 5.73 Å². The Morgan fingerprint density at radius 1 is 0.543 bits per heavy atom. The van der Waals surface area contributed by atoms with Gasteiger partial charge in [-0.25, -0.2) is 0 Å². The number of carbonyl (C=O) groups excluding carboxylic acids is 2.